The highest BCUT2D eigenvalue weighted by atomic mass is 16.1. The zero-order chi connectivity index (χ0) is 20.9. The first kappa shape index (κ1) is 21.7. The molecule has 1 unspecified atom stereocenters. The summed E-state index contributed by atoms with van der Waals surface area (Å²) >= 11 is 0. The number of aromatic nitrogens is 2. The number of nitriles is 1. The normalized spacial score (nSPS) is 12.5. The van der Waals surface area contributed by atoms with Gasteiger partial charge in [-0.3, -0.25) is 9.48 Å². The van der Waals surface area contributed by atoms with Gasteiger partial charge in [0.25, 0.3) is 0 Å². The van der Waals surface area contributed by atoms with Crippen LogP contribution in [0.5, 0.6) is 0 Å². The standard InChI is InChI=1S/C23H32N4O/c1-16(19-8-10-20(11-9-19)23(4,5)6)25-22(28)13-12-21-17(2)26-27(18(21)3)15-7-14-24/h8-11,16H,7,12-13,15H2,1-6H3,(H,25,28). The van der Waals surface area contributed by atoms with Crippen molar-refractivity contribution in [2.45, 2.75) is 78.8 Å². The minimum atomic E-state index is -0.0259. The molecule has 0 saturated heterocycles. The third-order valence-electron chi connectivity index (χ3n) is 5.22. The summed E-state index contributed by atoms with van der Waals surface area (Å²) < 4.78 is 1.87. The summed E-state index contributed by atoms with van der Waals surface area (Å²) in [4.78, 5) is 12.4. The molecule has 0 aliphatic heterocycles. The lowest BCUT2D eigenvalue weighted by Crippen LogP contribution is -2.27. The highest BCUT2D eigenvalue weighted by Gasteiger charge is 2.16. The number of aryl methyl sites for hydroxylation is 2. The van der Waals surface area contributed by atoms with Gasteiger partial charge in [0, 0.05) is 12.1 Å². The highest BCUT2D eigenvalue weighted by molar-refractivity contribution is 5.76. The van der Waals surface area contributed by atoms with Crippen LogP contribution in [0.4, 0.5) is 0 Å². The first-order chi connectivity index (χ1) is 13.1. The van der Waals surface area contributed by atoms with E-state index < -0.39 is 0 Å². The number of hydrogen-bond donors (Lipinski definition) is 1. The quantitative estimate of drug-likeness (QED) is 0.767. The topological polar surface area (TPSA) is 70.7 Å². The second kappa shape index (κ2) is 9.05. The molecule has 0 saturated carbocycles. The van der Waals surface area contributed by atoms with Crippen LogP contribution in [0.3, 0.4) is 0 Å². The summed E-state index contributed by atoms with van der Waals surface area (Å²) in [5.41, 5.74) is 5.61. The van der Waals surface area contributed by atoms with Crippen LogP contribution < -0.4 is 5.32 Å². The van der Waals surface area contributed by atoms with Gasteiger partial charge in [0.2, 0.25) is 5.91 Å². The molecule has 0 aliphatic carbocycles. The van der Waals surface area contributed by atoms with Crippen molar-refractivity contribution in [1.82, 2.24) is 15.1 Å². The van der Waals surface area contributed by atoms with E-state index in [1.165, 1.54) is 5.56 Å². The third-order valence-corrected chi connectivity index (χ3v) is 5.22. The molecule has 5 nitrogen and oxygen atoms in total. The van der Waals surface area contributed by atoms with Gasteiger partial charge in [-0.05, 0) is 49.3 Å². The predicted octanol–water partition coefficient (Wildman–Crippen LogP) is 4.52. The van der Waals surface area contributed by atoms with E-state index in [9.17, 15) is 4.79 Å². The maximum absolute atomic E-state index is 12.4. The predicted molar refractivity (Wildman–Crippen MR) is 112 cm³/mol. The fourth-order valence-corrected chi connectivity index (χ4v) is 3.38. The Hall–Kier alpha value is -2.61. The van der Waals surface area contributed by atoms with Crippen LogP contribution in [0, 0.1) is 25.2 Å². The van der Waals surface area contributed by atoms with Crippen LogP contribution in [0.2, 0.25) is 0 Å². The molecule has 0 radical (unpaired) electrons. The van der Waals surface area contributed by atoms with Crippen molar-refractivity contribution in [2.24, 2.45) is 0 Å². The summed E-state index contributed by atoms with van der Waals surface area (Å²) in [7, 11) is 0. The van der Waals surface area contributed by atoms with Crippen molar-refractivity contribution in [3.8, 4) is 6.07 Å². The average Bonchev–Trinajstić information content (AvgIpc) is 2.90. The Balaban J connectivity index is 1.94. The Labute approximate surface area is 168 Å². The molecule has 1 heterocycles. The van der Waals surface area contributed by atoms with Gasteiger partial charge in [0.05, 0.1) is 30.8 Å². The van der Waals surface area contributed by atoms with E-state index in [-0.39, 0.29) is 17.4 Å². The number of benzene rings is 1. The van der Waals surface area contributed by atoms with Crippen LogP contribution >= 0.6 is 0 Å². The van der Waals surface area contributed by atoms with E-state index >= 15 is 0 Å². The second-order valence-electron chi connectivity index (χ2n) is 8.44. The SMILES string of the molecule is Cc1nn(CCC#N)c(C)c1CCC(=O)NC(C)c1ccc(C(C)(C)C)cc1. The van der Waals surface area contributed by atoms with Crippen LogP contribution in [0.1, 0.15) is 74.7 Å². The van der Waals surface area contributed by atoms with Crippen LogP contribution in [0.15, 0.2) is 24.3 Å². The number of carbonyl (C=O) groups excluding carboxylic acids is 1. The molecule has 1 N–H and O–H groups in total. The lowest BCUT2D eigenvalue weighted by Gasteiger charge is -2.20. The molecule has 2 aromatic rings. The van der Waals surface area contributed by atoms with E-state index in [2.05, 4.69) is 61.5 Å². The molecule has 5 heteroatoms. The van der Waals surface area contributed by atoms with E-state index in [1.54, 1.807) is 0 Å². The maximum atomic E-state index is 12.4. The number of amides is 1. The zero-order valence-corrected chi connectivity index (χ0v) is 18.0. The molecule has 0 aliphatic rings. The molecular formula is C23H32N4O. The third kappa shape index (κ3) is 5.45. The number of carbonyl (C=O) groups is 1. The minimum absolute atomic E-state index is 0.0259. The summed E-state index contributed by atoms with van der Waals surface area (Å²) in [6.45, 7) is 13.2. The molecule has 0 bridgehead atoms. The summed E-state index contributed by atoms with van der Waals surface area (Å²) in [6.07, 6.45) is 1.52. The fourth-order valence-electron chi connectivity index (χ4n) is 3.38. The maximum Gasteiger partial charge on any atom is 0.220 e. The Kier molecular flexibility index (Phi) is 7.01. The van der Waals surface area contributed by atoms with E-state index in [0.717, 1.165) is 22.5 Å². The van der Waals surface area contributed by atoms with Crippen molar-refractivity contribution >= 4 is 5.91 Å². The largest absolute Gasteiger partial charge is 0.350 e. The van der Waals surface area contributed by atoms with Crippen LogP contribution in [-0.4, -0.2) is 15.7 Å². The highest BCUT2D eigenvalue weighted by Crippen LogP contribution is 2.24. The molecule has 2 rings (SSSR count). The Morgan fingerprint density at radius 3 is 2.46 bits per heavy atom. The van der Waals surface area contributed by atoms with Crippen molar-refractivity contribution in [1.29, 1.82) is 5.26 Å². The molecule has 1 amide bonds. The van der Waals surface area contributed by atoms with Crippen LogP contribution in [0.25, 0.3) is 0 Å². The lowest BCUT2D eigenvalue weighted by atomic mass is 9.86. The van der Waals surface area contributed by atoms with E-state index in [1.807, 2.05) is 25.5 Å². The first-order valence-electron chi connectivity index (χ1n) is 9.93. The molecule has 150 valence electrons. The zero-order valence-electron chi connectivity index (χ0n) is 18.0. The number of hydrogen-bond acceptors (Lipinski definition) is 3. The van der Waals surface area contributed by atoms with E-state index in [4.69, 9.17) is 5.26 Å². The second-order valence-corrected chi connectivity index (χ2v) is 8.44. The minimum Gasteiger partial charge on any atom is -0.350 e. The Morgan fingerprint density at radius 2 is 1.89 bits per heavy atom. The van der Waals surface area contributed by atoms with E-state index in [0.29, 0.717) is 25.8 Å². The molecule has 28 heavy (non-hydrogen) atoms. The Bertz CT molecular complexity index is 850. The monoisotopic (exact) mass is 380 g/mol. The van der Waals surface area contributed by atoms with Gasteiger partial charge in [0.15, 0.2) is 0 Å². The Morgan fingerprint density at radius 1 is 1.25 bits per heavy atom. The van der Waals surface area contributed by atoms with Crippen molar-refractivity contribution < 1.29 is 4.79 Å². The molecule has 0 spiro atoms. The molecule has 1 atom stereocenters. The first-order valence-corrected chi connectivity index (χ1v) is 9.93. The van der Waals surface area contributed by atoms with Crippen LogP contribution in [-0.2, 0) is 23.2 Å². The summed E-state index contributed by atoms with van der Waals surface area (Å²) in [6, 6.07) is 10.6. The fraction of sp³-hybridized carbons (Fsp3) is 0.522. The number of nitrogens with zero attached hydrogens (tertiary/aromatic N) is 3. The van der Waals surface area contributed by atoms with Gasteiger partial charge in [-0.1, -0.05) is 45.0 Å². The van der Waals surface area contributed by atoms with Gasteiger partial charge in [-0.15, -0.1) is 0 Å². The van der Waals surface area contributed by atoms with Gasteiger partial charge >= 0.3 is 0 Å². The van der Waals surface area contributed by atoms with Crippen molar-refractivity contribution in [3.63, 3.8) is 0 Å². The molecular weight excluding hydrogens is 348 g/mol. The summed E-state index contributed by atoms with van der Waals surface area (Å²) in [5.74, 6) is 0.0379. The smallest absolute Gasteiger partial charge is 0.220 e. The van der Waals surface area contributed by atoms with Gasteiger partial charge in [-0.25, -0.2) is 0 Å². The van der Waals surface area contributed by atoms with Gasteiger partial charge in [-0.2, -0.15) is 10.4 Å². The molecule has 1 aromatic carbocycles. The van der Waals surface area contributed by atoms with Gasteiger partial charge in [0.1, 0.15) is 0 Å². The lowest BCUT2D eigenvalue weighted by molar-refractivity contribution is -0.121. The number of rotatable bonds is 7. The average molecular weight is 381 g/mol. The van der Waals surface area contributed by atoms with Gasteiger partial charge < -0.3 is 5.32 Å². The number of nitrogens with one attached hydrogen (secondary N) is 1. The molecule has 0 fully saturated rings. The van der Waals surface area contributed by atoms with Crippen molar-refractivity contribution in [2.75, 3.05) is 0 Å². The molecule has 1 aromatic heterocycles. The van der Waals surface area contributed by atoms with Crippen molar-refractivity contribution in [3.05, 3.63) is 52.3 Å². The summed E-state index contributed by atoms with van der Waals surface area (Å²) in [5, 5.41) is 16.4.